The lowest BCUT2D eigenvalue weighted by Gasteiger charge is -2.17. The van der Waals surface area contributed by atoms with Crippen LogP contribution in [0.15, 0.2) is 48.5 Å². The number of carbonyl (C=O) groups is 1. The molecule has 0 heterocycles. The number of methoxy groups -OCH3 is 1. The Balaban J connectivity index is 2.15. The van der Waals surface area contributed by atoms with E-state index < -0.39 is 0 Å². The van der Waals surface area contributed by atoms with Gasteiger partial charge in [0.15, 0.2) is 0 Å². The minimum absolute atomic E-state index is 0.0143. The average molecular weight is 304 g/mol. The monoisotopic (exact) mass is 303 g/mol. The summed E-state index contributed by atoms with van der Waals surface area (Å²) in [6.45, 7) is 2.04. The highest BCUT2D eigenvalue weighted by Crippen LogP contribution is 2.25. The molecule has 0 spiro atoms. The molecule has 0 unspecified atom stereocenters. The molecule has 0 fully saturated rings. The summed E-state index contributed by atoms with van der Waals surface area (Å²) in [5, 5.41) is 3.45. The van der Waals surface area contributed by atoms with Crippen molar-refractivity contribution in [2.75, 3.05) is 7.11 Å². The van der Waals surface area contributed by atoms with Crippen LogP contribution in [0.5, 0.6) is 5.75 Å². The Bertz CT molecular complexity index is 613. The van der Waals surface area contributed by atoms with Crippen LogP contribution in [0.25, 0.3) is 0 Å². The second kappa shape index (κ2) is 7.14. The van der Waals surface area contributed by atoms with E-state index in [2.05, 4.69) is 5.32 Å². The van der Waals surface area contributed by atoms with Gasteiger partial charge in [-0.3, -0.25) is 4.79 Å². The lowest BCUT2D eigenvalue weighted by molar-refractivity contribution is 0.0935. The Morgan fingerprint density at radius 3 is 2.52 bits per heavy atom. The molecule has 2 aromatic rings. The van der Waals surface area contributed by atoms with Gasteiger partial charge < -0.3 is 10.1 Å². The molecule has 2 aromatic carbocycles. The van der Waals surface area contributed by atoms with Gasteiger partial charge in [0.25, 0.3) is 5.91 Å². The molecule has 1 amide bonds. The summed E-state index contributed by atoms with van der Waals surface area (Å²) >= 11 is 6.06. The van der Waals surface area contributed by atoms with Crippen LogP contribution in [0.2, 0.25) is 5.02 Å². The SMILES string of the molecule is CC[C@H](NC(=O)c1ccc(OC)c(Cl)c1)c1ccccc1. The molecule has 0 bridgehead atoms. The number of ether oxygens (including phenoxy) is 1. The van der Waals surface area contributed by atoms with Gasteiger partial charge in [0.05, 0.1) is 18.2 Å². The van der Waals surface area contributed by atoms with Crippen LogP contribution in [-0.2, 0) is 0 Å². The highest BCUT2D eigenvalue weighted by Gasteiger charge is 2.15. The minimum Gasteiger partial charge on any atom is -0.495 e. The predicted molar refractivity (Wildman–Crippen MR) is 84.9 cm³/mol. The summed E-state index contributed by atoms with van der Waals surface area (Å²) in [5.74, 6) is 0.415. The molecule has 0 aromatic heterocycles. The molecule has 0 saturated heterocycles. The second-order valence-electron chi connectivity index (χ2n) is 4.69. The van der Waals surface area contributed by atoms with Crippen molar-refractivity contribution in [3.63, 3.8) is 0 Å². The summed E-state index contributed by atoms with van der Waals surface area (Å²) < 4.78 is 5.09. The Kier molecular flexibility index (Phi) is 5.23. The largest absolute Gasteiger partial charge is 0.495 e. The van der Waals surface area contributed by atoms with E-state index in [-0.39, 0.29) is 11.9 Å². The molecule has 4 heteroatoms. The van der Waals surface area contributed by atoms with E-state index in [4.69, 9.17) is 16.3 Å². The highest BCUT2D eigenvalue weighted by molar-refractivity contribution is 6.32. The first-order chi connectivity index (χ1) is 10.2. The van der Waals surface area contributed by atoms with Crippen molar-refractivity contribution in [1.82, 2.24) is 5.32 Å². The van der Waals surface area contributed by atoms with Gasteiger partial charge in [-0.05, 0) is 30.2 Å². The van der Waals surface area contributed by atoms with Gasteiger partial charge in [0.2, 0.25) is 0 Å². The maximum atomic E-state index is 12.3. The lowest BCUT2D eigenvalue weighted by Crippen LogP contribution is -2.28. The van der Waals surface area contributed by atoms with Crippen LogP contribution in [-0.4, -0.2) is 13.0 Å². The zero-order chi connectivity index (χ0) is 15.2. The molecule has 3 nitrogen and oxygen atoms in total. The number of amides is 1. The van der Waals surface area contributed by atoms with Crippen LogP contribution in [0.4, 0.5) is 0 Å². The van der Waals surface area contributed by atoms with Crippen LogP contribution >= 0.6 is 11.6 Å². The summed E-state index contributed by atoms with van der Waals surface area (Å²) in [7, 11) is 1.55. The normalized spacial score (nSPS) is 11.8. The average Bonchev–Trinajstić information content (AvgIpc) is 2.53. The Hall–Kier alpha value is -2.00. The molecule has 21 heavy (non-hydrogen) atoms. The van der Waals surface area contributed by atoms with E-state index in [1.807, 2.05) is 37.3 Å². The van der Waals surface area contributed by atoms with Crippen molar-refractivity contribution in [3.05, 3.63) is 64.7 Å². The molecule has 2 rings (SSSR count). The third-order valence-corrected chi connectivity index (χ3v) is 3.62. The standard InChI is InChI=1S/C17H18ClNO2/c1-3-15(12-7-5-4-6-8-12)19-17(20)13-9-10-16(21-2)14(18)11-13/h4-11,15H,3H2,1-2H3,(H,19,20)/t15-/m0/s1. The lowest BCUT2D eigenvalue weighted by atomic mass is 10.0. The molecule has 1 N–H and O–H groups in total. The first kappa shape index (κ1) is 15.4. The Labute approximate surface area is 129 Å². The summed E-state index contributed by atoms with van der Waals surface area (Å²) in [4.78, 5) is 12.3. The van der Waals surface area contributed by atoms with Crippen molar-refractivity contribution in [2.24, 2.45) is 0 Å². The maximum absolute atomic E-state index is 12.3. The van der Waals surface area contributed by atoms with E-state index in [1.54, 1.807) is 25.3 Å². The van der Waals surface area contributed by atoms with Crippen molar-refractivity contribution >= 4 is 17.5 Å². The number of hydrogen-bond donors (Lipinski definition) is 1. The predicted octanol–water partition coefficient (Wildman–Crippen LogP) is 4.23. The van der Waals surface area contributed by atoms with Gasteiger partial charge in [0, 0.05) is 5.56 Å². The van der Waals surface area contributed by atoms with Crippen LogP contribution in [0.1, 0.15) is 35.3 Å². The molecule has 110 valence electrons. The van der Waals surface area contributed by atoms with Gasteiger partial charge in [0.1, 0.15) is 5.75 Å². The summed E-state index contributed by atoms with van der Waals surface area (Å²) in [5.41, 5.74) is 1.61. The maximum Gasteiger partial charge on any atom is 0.251 e. The van der Waals surface area contributed by atoms with Gasteiger partial charge in [-0.2, -0.15) is 0 Å². The molecule has 0 radical (unpaired) electrons. The van der Waals surface area contributed by atoms with Crippen molar-refractivity contribution < 1.29 is 9.53 Å². The van der Waals surface area contributed by atoms with Gasteiger partial charge in [-0.25, -0.2) is 0 Å². The number of benzene rings is 2. The molecular weight excluding hydrogens is 286 g/mol. The second-order valence-corrected chi connectivity index (χ2v) is 5.10. The van der Waals surface area contributed by atoms with E-state index in [0.29, 0.717) is 16.3 Å². The van der Waals surface area contributed by atoms with Gasteiger partial charge in [-0.15, -0.1) is 0 Å². The molecule has 0 saturated carbocycles. The number of halogens is 1. The fourth-order valence-corrected chi connectivity index (χ4v) is 2.41. The van der Waals surface area contributed by atoms with Gasteiger partial charge in [-0.1, -0.05) is 48.9 Å². The Morgan fingerprint density at radius 2 is 1.95 bits per heavy atom. The van der Waals surface area contributed by atoms with Gasteiger partial charge >= 0.3 is 0 Å². The quantitative estimate of drug-likeness (QED) is 0.897. The van der Waals surface area contributed by atoms with Crippen molar-refractivity contribution in [3.8, 4) is 5.75 Å². The first-order valence-electron chi connectivity index (χ1n) is 6.85. The number of nitrogens with one attached hydrogen (secondary N) is 1. The first-order valence-corrected chi connectivity index (χ1v) is 7.22. The number of carbonyl (C=O) groups excluding carboxylic acids is 1. The summed E-state index contributed by atoms with van der Waals surface area (Å²) in [6.07, 6.45) is 0.819. The number of rotatable bonds is 5. The molecular formula is C17H18ClNO2. The Morgan fingerprint density at radius 1 is 1.24 bits per heavy atom. The van der Waals surface area contributed by atoms with Crippen LogP contribution in [0, 0.1) is 0 Å². The minimum atomic E-state index is -0.143. The third kappa shape index (κ3) is 3.76. The van der Waals surface area contributed by atoms with E-state index >= 15 is 0 Å². The fraction of sp³-hybridized carbons (Fsp3) is 0.235. The van der Waals surface area contributed by atoms with E-state index in [0.717, 1.165) is 12.0 Å². The molecule has 0 aliphatic carbocycles. The van der Waals surface area contributed by atoms with Crippen LogP contribution < -0.4 is 10.1 Å². The van der Waals surface area contributed by atoms with Crippen molar-refractivity contribution in [1.29, 1.82) is 0 Å². The topological polar surface area (TPSA) is 38.3 Å². The van der Waals surface area contributed by atoms with Crippen molar-refractivity contribution in [2.45, 2.75) is 19.4 Å². The van der Waals surface area contributed by atoms with E-state index in [1.165, 1.54) is 0 Å². The zero-order valence-corrected chi connectivity index (χ0v) is 12.9. The zero-order valence-electron chi connectivity index (χ0n) is 12.1. The molecule has 0 aliphatic rings. The van der Waals surface area contributed by atoms with Crippen LogP contribution in [0.3, 0.4) is 0 Å². The highest BCUT2D eigenvalue weighted by atomic mass is 35.5. The fourth-order valence-electron chi connectivity index (χ4n) is 2.16. The smallest absolute Gasteiger partial charge is 0.251 e. The number of hydrogen-bond acceptors (Lipinski definition) is 2. The summed E-state index contributed by atoms with van der Waals surface area (Å²) in [6, 6.07) is 14.9. The van der Waals surface area contributed by atoms with E-state index in [9.17, 15) is 4.79 Å². The molecule has 0 aliphatic heterocycles. The third-order valence-electron chi connectivity index (χ3n) is 3.33. The molecule has 1 atom stereocenters.